The third kappa shape index (κ3) is 2.31. The van der Waals surface area contributed by atoms with E-state index in [1.807, 2.05) is 18.2 Å². The summed E-state index contributed by atoms with van der Waals surface area (Å²) in [5, 5.41) is 7.35. The number of hydrogen-bond donors (Lipinski definition) is 1. The zero-order valence-corrected chi connectivity index (χ0v) is 12.6. The zero-order valence-electron chi connectivity index (χ0n) is 11.0. The fourth-order valence-electron chi connectivity index (χ4n) is 2.38. The van der Waals surface area contributed by atoms with Crippen molar-refractivity contribution in [3.63, 3.8) is 0 Å². The second kappa shape index (κ2) is 4.96. The lowest BCUT2D eigenvalue weighted by Crippen LogP contribution is -1.91. The molecule has 0 bridgehead atoms. The summed E-state index contributed by atoms with van der Waals surface area (Å²) < 4.78 is 6.27. The topological polar surface area (TPSA) is 63.8 Å². The van der Waals surface area contributed by atoms with E-state index in [9.17, 15) is 0 Å². The van der Waals surface area contributed by atoms with Crippen LogP contribution in [0.15, 0.2) is 45.5 Å². The summed E-state index contributed by atoms with van der Waals surface area (Å²) in [7, 11) is 0. The number of pyridine rings is 1. The normalized spacial score (nSPS) is 13.0. The van der Waals surface area contributed by atoms with Crippen LogP contribution in [0.25, 0.3) is 23.0 Å². The van der Waals surface area contributed by atoms with Gasteiger partial charge in [0, 0.05) is 28.5 Å². The lowest BCUT2D eigenvalue weighted by Gasteiger charge is -2.00. The molecule has 0 spiro atoms. The fraction of sp³-hybridized carbons (Fsp3) is 0.133. The summed E-state index contributed by atoms with van der Waals surface area (Å²) in [4.78, 5) is 8.69. The molecule has 0 saturated carbocycles. The van der Waals surface area contributed by atoms with Crippen LogP contribution in [0.3, 0.4) is 0 Å². The lowest BCUT2D eigenvalue weighted by atomic mass is 10.1. The Morgan fingerprint density at radius 3 is 3.00 bits per heavy atom. The first-order valence-corrected chi connectivity index (χ1v) is 7.42. The quantitative estimate of drug-likeness (QED) is 0.771. The molecule has 1 N–H and O–H groups in total. The smallest absolute Gasteiger partial charge is 0.258 e. The highest BCUT2D eigenvalue weighted by Crippen LogP contribution is 2.29. The maximum absolute atomic E-state index is 5.35. The third-order valence-corrected chi connectivity index (χ3v) is 3.92. The lowest BCUT2D eigenvalue weighted by molar-refractivity contribution is 0.432. The summed E-state index contributed by atoms with van der Waals surface area (Å²) in [5.41, 5.74) is 4.08. The molecule has 1 aliphatic rings. The average Bonchev–Trinajstić information content (AvgIpc) is 3.16. The van der Waals surface area contributed by atoms with Crippen molar-refractivity contribution in [2.45, 2.75) is 6.42 Å². The highest BCUT2D eigenvalue weighted by Gasteiger charge is 2.15. The second-order valence-corrected chi connectivity index (χ2v) is 5.75. The number of fused-ring (bicyclic) bond motifs is 1. The van der Waals surface area contributed by atoms with Gasteiger partial charge < -0.3 is 9.84 Å². The van der Waals surface area contributed by atoms with Gasteiger partial charge in [0.05, 0.1) is 0 Å². The molecule has 5 nitrogen and oxygen atoms in total. The molecule has 1 aliphatic heterocycles. The Kier molecular flexibility index (Phi) is 2.96. The molecule has 1 aromatic carbocycles. The molecule has 0 saturated heterocycles. The number of nitrogens with one attached hydrogen (secondary N) is 1. The molecule has 0 radical (unpaired) electrons. The molecule has 0 unspecified atom stereocenters. The van der Waals surface area contributed by atoms with Gasteiger partial charge in [0.1, 0.15) is 5.69 Å². The van der Waals surface area contributed by atoms with E-state index < -0.39 is 0 Å². The fourth-order valence-corrected chi connectivity index (χ4v) is 2.61. The number of aromatic nitrogens is 3. The Hall–Kier alpha value is -2.21. The van der Waals surface area contributed by atoms with E-state index in [2.05, 4.69) is 48.5 Å². The molecule has 3 aromatic rings. The van der Waals surface area contributed by atoms with Crippen LogP contribution in [0.1, 0.15) is 5.56 Å². The van der Waals surface area contributed by atoms with Crippen molar-refractivity contribution >= 4 is 21.6 Å². The zero-order chi connectivity index (χ0) is 14.2. The SMILES string of the molecule is Brc1ccc(-c2noc(-c3ccc4c(c3)NCC4)n2)nc1. The summed E-state index contributed by atoms with van der Waals surface area (Å²) in [6, 6.07) is 9.92. The van der Waals surface area contributed by atoms with Gasteiger partial charge in [-0.2, -0.15) is 4.98 Å². The van der Waals surface area contributed by atoms with Crippen LogP contribution in [0, 0.1) is 0 Å². The molecule has 0 fully saturated rings. The van der Waals surface area contributed by atoms with Crippen molar-refractivity contribution in [2.75, 3.05) is 11.9 Å². The monoisotopic (exact) mass is 342 g/mol. The molecule has 6 heteroatoms. The first-order valence-electron chi connectivity index (χ1n) is 6.62. The summed E-state index contributed by atoms with van der Waals surface area (Å²) in [6.07, 6.45) is 2.78. The Morgan fingerprint density at radius 2 is 2.14 bits per heavy atom. The van der Waals surface area contributed by atoms with Crippen LogP contribution >= 0.6 is 15.9 Å². The summed E-state index contributed by atoms with van der Waals surface area (Å²) in [6.45, 7) is 0.983. The van der Waals surface area contributed by atoms with Gasteiger partial charge in [-0.05, 0) is 52.2 Å². The number of rotatable bonds is 2. The Labute approximate surface area is 129 Å². The Morgan fingerprint density at radius 1 is 1.19 bits per heavy atom. The molecule has 2 aromatic heterocycles. The van der Waals surface area contributed by atoms with E-state index in [0.717, 1.165) is 28.7 Å². The molecular formula is C15H11BrN4O. The van der Waals surface area contributed by atoms with Gasteiger partial charge in [-0.15, -0.1) is 0 Å². The molecule has 0 aliphatic carbocycles. The highest BCUT2D eigenvalue weighted by molar-refractivity contribution is 9.10. The van der Waals surface area contributed by atoms with Crippen molar-refractivity contribution in [3.8, 4) is 23.0 Å². The van der Waals surface area contributed by atoms with E-state index in [0.29, 0.717) is 17.4 Å². The van der Waals surface area contributed by atoms with E-state index >= 15 is 0 Å². The van der Waals surface area contributed by atoms with Crippen molar-refractivity contribution in [1.29, 1.82) is 0 Å². The molecule has 3 heterocycles. The standard InChI is InChI=1S/C15H11BrN4O/c16-11-3-4-12(18-8-11)14-19-15(21-20-14)10-2-1-9-5-6-17-13(9)7-10/h1-4,7-8,17H,5-6H2. The minimum absolute atomic E-state index is 0.492. The van der Waals surface area contributed by atoms with E-state index in [1.54, 1.807) is 6.20 Å². The van der Waals surface area contributed by atoms with Crippen LogP contribution in [-0.2, 0) is 6.42 Å². The van der Waals surface area contributed by atoms with E-state index in [-0.39, 0.29) is 0 Å². The van der Waals surface area contributed by atoms with Crippen LogP contribution in [0.4, 0.5) is 5.69 Å². The van der Waals surface area contributed by atoms with Gasteiger partial charge in [-0.25, -0.2) is 0 Å². The van der Waals surface area contributed by atoms with Gasteiger partial charge in [0.2, 0.25) is 5.82 Å². The minimum Gasteiger partial charge on any atom is -0.384 e. The molecule has 0 amide bonds. The van der Waals surface area contributed by atoms with Gasteiger partial charge in [0.25, 0.3) is 5.89 Å². The number of benzene rings is 1. The third-order valence-electron chi connectivity index (χ3n) is 3.45. The maximum Gasteiger partial charge on any atom is 0.258 e. The Balaban J connectivity index is 1.69. The first kappa shape index (κ1) is 12.5. The molecule has 0 atom stereocenters. The van der Waals surface area contributed by atoms with Crippen molar-refractivity contribution < 1.29 is 4.52 Å². The van der Waals surface area contributed by atoms with Gasteiger partial charge in [-0.1, -0.05) is 11.2 Å². The second-order valence-electron chi connectivity index (χ2n) is 4.83. The molecular weight excluding hydrogens is 332 g/mol. The molecule has 21 heavy (non-hydrogen) atoms. The highest BCUT2D eigenvalue weighted by atomic mass is 79.9. The van der Waals surface area contributed by atoms with Crippen molar-refractivity contribution in [1.82, 2.24) is 15.1 Å². The largest absolute Gasteiger partial charge is 0.384 e. The number of hydrogen-bond acceptors (Lipinski definition) is 5. The van der Waals surface area contributed by atoms with Crippen molar-refractivity contribution in [2.24, 2.45) is 0 Å². The molecule has 4 rings (SSSR count). The number of halogens is 1. The summed E-state index contributed by atoms with van der Waals surface area (Å²) >= 11 is 3.35. The maximum atomic E-state index is 5.35. The minimum atomic E-state index is 0.492. The summed E-state index contributed by atoms with van der Waals surface area (Å²) in [5.74, 6) is 0.997. The van der Waals surface area contributed by atoms with E-state index in [1.165, 1.54) is 5.56 Å². The predicted molar refractivity (Wildman–Crippen MR) is 82.9 cm³/mol. The van der Waals surface area contributed by atoms with Gasteiger partial charge >= 0.3 is 0 Å². The number of anilines is 1. The Bertz CT molecular complexity index is 798. The van der Waals surface area contributed by atoms with Gasteiger partial charge in [-0.3, -0.25) is 4.98 Å². The van der Waals surface area contributed by atoms with Crippen LogP contribution in [0.5, 0.6) is 0 Å². The van der Waals surface area contributed by atoms with Crippen molar-refractivity contribution in [3.05, 3.63) is 46.6 Å². The molecule has 104 valence electrons. The average molecular weight is 343 g/mol. The first-order chi connectivity index (χ1) is 10.3. The predicted octanol–water partition coefficient (Wildman–Crippen LogP) is 3.53. The van der Waals surface area contributed by atoms with Crippen LogP contribution < -0.4 is 5.32 Å². The van der Waals surface area contributed by atoms with E-state index in [4.69, 9.17) is 4.52 Å². The number of nitrogens with zero attached hydrogens (tertiary/aromatic N) is 3. The van der Waals surface area contributed by atoms with Gasteiger partial charge in [0.15, 0.2) is 0 Å². The van der Waals surface area contributed by atoms with Crippen LogP contribution in [-0.4, -0.2) is 21.7 Å². The van der Waals surface area contributed by atoms with Crippen LogP contribution in [0.2, 0.25) is 0 Å².